The average Bonchev–Trinajstić information content (AvgIpc) is 3.60. The minimum atomic E-state index is -0.774. The zero-order valence-electron chi connectivity index (χ0n) is 22.2. The molecule has 1 atom stereocenters. The molecule has 1 amide bonds. The van der Waals surface area contributed by atoms with Gasteiger partial charge in [0, 0.05) is 12.6 Å². The number of amides is 1. The van der Waals surface area contributed by atoms with E-state index < -0.39 is 5.41 Å². The molecule has 4 heteroatoms. The molecule has 0 aromatic heterocycles. The molecule has 3 N–H and O–H groups in total. The second kappa shape index (κ2) is 13.9. The van der Waals surface area contributed by atoms with Crippen molar-refractivity contribution in [1.29, 1.82) is 0 Å². The van der Waals surface area contributed by atoms with Gasteiger partial charge >= 0.3 is 0 Å². The number of likely N-dealkylation sites (tertiary alicyclic amines) is 1. The van der Waals surface area contributed by atoms with Gasteiger partial charge in [-0.15, -0.1) is 0 Å². The Morgan fingerprint density at radius 2 is 1.36 bits per heavy atom. The van der Waals surface area contributed by atoms with Crippen molar-refractivity contribution in [1.82, 2.24) is 10.2 Å². The molecule has 0 radical (unpaired) electrons. The smallest absolute Gasteiger partial charge is 0.232 e. The van der Waals surface area contributed by atoms with E-state index in [1.807, 2.05) is 36.4 Å². The molecule has 4 nitrogen and oxygen atoms in total. The fourth-order valence-corrected chi connectivity index (χ4v) is 6.70. The molecular formula is C32H47N3O. The maximum Gasteiger partial charge on any atom is 0.232 e. The Balaban J connectivity index is 1.20. The first kappa shape index (κ1) is 26.9. The summed E-state index contributed by atoms with van der Waals surface area (Å²) < 4.78 is 0. The van der Waals surface area contributed by atoms with Gasteiger partial charge in [0.15, 0.2) is 0 Å². The van der Waals surface area contributed by atoms with Crippen LogP contribution in [-0.4, -0.2) is 43.0 Å². The summed E-state index contributed by atoms with van der Waals surface area (Å²) in [7, 11) is 0. The SMILES string of the molecule is NC(=O)C(c1ccccc1)(c1ccccc1)C1CCN(CCCCCCCCCNC2CCCC2)C1. The summed E-state index contributed by atoms with van der Waals surface area (Å²) in [6.07, 6.45) is 15.9. The minimum absolute atomic E-state index is 0.192. The number of nitrogens with one attached hydrogen (secondary N) is 1. The number of hydrogen-bond acceptors (Lipinski definition) is 3. The number of rotatable bonds is 15. The fourth-order valence-electron chi connectivity index (χ4n) is 6.70. The van der Waals surface area contributed by atoms with E-state index in [4.69, 9.17) is 5.73 Å². The van der Waals surface area contributed by atoms with E-state index in [9.17, 15) is 4.79 Å². The Labute approximate surface area is 219 Å². The van der Waals surface area contributed by atoms with Crippen LogP contribution in [0.5, 0.6) is 0 Å². The van der Waals surface area contributed by atoms with E-state index in [0.29, 0.717) is 0 Å². The minimum Gasteiger partial charge on any atom is -0.369 e. The molecule has 0 spiro atoms. The lowest BCUT2D eigenvalue weighted by Crippen LogP contribution is -2.49. The number of nitrogens with zero attached hydrogens (tertiary/aromatic N) is 1. The highest BCUT2D eigenvalue weighted by atomic mass is 16.1. The lowest BCUT2D eigenvalue weighted by atomic mass is 9.64. The molecule has 0 bridgehead atoms. The summed E-state index contributed by atoms with van der Waals surface area (Å²) in [5.74, 6) is -0.0390. The topological polar surface area (TPSA) is 58.4 Å². The average molecular weight is 490 g/mol. The molecule has 2 aromatic rings. The predicted molar refractivity (Wildman–Crippen MR) is 150 cm³/mol. The number of carbonyl (C=O) groups is 1. The van der Waals surface area contributed by atoms with Crippen LogP contribution >= 0.6 is 0 Å². The van der Waals surface area contributed by atoms with E-state index in [1.54, 1.807) is 0 Å². The maximum absolute atomic E-state index is 13.2. The van der Waals surface area contributed by atoms with Gasteiger partial charge in [-0.2, -0.15) is 0 Å². The lowest BCUT2D eigenvalue weighted by molar-refractivity contribution is -0.123. The third-order valence-corrected chi connectivity index (χ3v) is 8.67. The molecule has 36 heavy (non-hydrogen) atoms. The van der Waals surface area contributed by atoms with Gasteiger partial charge in [0.1, 0.15) is 5.41 Å². The Kier molecular flexibility index (Phi) is 10.4. The molecule has 2 aromatic carbocycles. The van der Waals surface area contributed by atoms with Crippen molar-refractivity contribution in [2.24, 2.45) is 11.7 Å². The first-order chi connectivity index (χ1) is 17.7. The van der Waals surface area contributed by atoms with E-state index in [0.717, 1.165) is 43.2 Å². The number of benzene rings is 2. The number of primary amides is 1. The molecule has 1 saturated carbocycles. The molecule has 4 rings (SSSR count). The number of nitrogens with two attached hydrogens (primary N) is 1. The summed E-state index contributed by atoms with van der Waals surface area (Å²) in [6, 6.07) is 21.2. The summed E-state index contributed by atoms with van der Waals surface area (Å²) >= 11 is 0. The van der Waals surface area contributed by atoms with Crippen LogP contribution in [0, 0.1) is 5.92 Å². The highest BCUT2D eigenvalue weighted by Gasteiger charge is 2.49. The zero-order chi connectivity index (χ0) is 25.1. The summed E-state index contributed by atoms with van der Waals surface area (Å²) in [5, 5.41) is 3.73. The molecule has 1 saturated heterocycles. The Bertz CT molecular complexity index is 855. The van der Waals surface area contributed by atoms with Gasteiger partial charge in [0.05, 0.1) is 0 Å². The maximum atomic E-state index is 13.2. The Morgan fingerprint density at radius 3 is 1.94 bits per heavy atom. The van der Waals surface area contributed by atoms with Crippen LogP contribution in [0.25, 0.3) is 0 Å². The van der Waals surface area contributed by atoms with Crippen molar-refractivity contribution >= 4 is 5.91 Å². The van der Waals surface area contributed by atoms with Gasteiger partial charge in [-0.05, 0) is 68.8 Å². The monoisotopic (exact) mass is 489 g/mol. The van der Waals surface area contributed by atoms with E-state index >= 15 is 0 Å². The van der Waals surface area contributed by atoms with E-state index in [2.05, 4.69) is 34.5 Å². The lowest BCUT2D eigenvalue weighted by Gasteiger charge is -2.37. The molecule has 2 fully saturated rings. The normalized spacial score (nSPS) is 19.2. The Hall–Kier alpha value is -2.17. The zero-order valence-corrected chi connectivity index (χ0v) is 22.2. The van der Waals surface area contributed by atoms with Gasteiger partial charge in [-0.1, -0.05) is 106 Å². The fraction of sp³-hybridized carbons (Fsp3) is 0.594. The summed E-state index contributed by atoms with van der Waals surface area (Å²) in [5.41, 5.74) is 7.50. The van der Waals surface area contributed by atoms with Crippen molar-refractivity contribution < 1.29 is 4.79 Å². The molecular weight excluding hydrogens is 442 g/mol. The quantitative estimate of drug-likeness (QED) is 0.300. The van der Waals surface area contributed by atoms with Crippen LogP contribution in [0.4, 0.5) is 0 Å². The Morgan fingerprint density at radius 1 is 0.806 bits per heavy atom. The molecule has 196 valence electrons. The number of hydrogen-bond donors (Lipinski definition) is 2. The predicted octanol–water partition coefficient (Wildman–Crippen LogP) is 6.04. The molecule has 1 unspecified atom stereocenters. The molecule has 1 heterocycles. The van der Waals surface area contributed by atoms with Crippen molar-refractivity contribution in [2.45, 2.75) is 88.5 Å². The summed E-state index contributed by atoms with van der Waals surface area (Å²) in [6.45, 7) is 4.31. The van der Waals surface area contributed by atoms with Crippen LogP contribution < -0.4 is 11.1 Å². The van der Waals surface area contributed by atoms with Gasteiger partial charge in [-0.3, -0.25) is 4.79 Å². The molecule has 1 aliphatic carbocycles. The largest absolute Gasteiger partial charge is 0.369 e. The van der Waals surface area contributed by atoms with Crippen LogP contribution in [-0.2, 0) is 10.2 Å². The van der Waals surface area contributed by atoms with Gasteiger partial charge in [-0.25, -0.2) is 0 Å². The van der Waals surface area contributed by atoms with Crippen LogP contribution in [0.15, 0.2) is 60.7 Å². The third kappa shape index (κ3) is 6.77. The van der Waals surface area contributed by atoms with Gasteiger partial charge < -0.3 is 16.0 Å². The highest BCUT2D eigenvalue weighted by molar-refractivity contribution is 5.91. The third-order valence-electron chi connectivity index (χ3n) is 8.67. The standard InChI is InChI=1S/C32H47N3O/c33-31(36)32(27-16-8-6-9-17-27,28-18-10-7-11-19-28)29-22-25-35(26-29)24-15-5-3-1-2-4-14-23-34-30-20-12-13-21-30/h6-11,16-19,29-30,34H,1-5,12-15,20-26H2,(H2,33,36). The summed E-state index contributed by atoms with van der Waals surface area (Å²) in [4.78, 5) is 15.8. The van der Waals surface area contributed by atoms with Gasteiger partial charge in [0.25, 0.3) is 0 Å². The van der Waals surface area contributed by atoms with Crippen molar-refractivity contribution in [3.8, 4) is 0 Å². The number of unbranched alkanes of at least 4 members (excludes halogenated alkanes) is 6. The number of carbonyl (C=O) groups excluding carboxylic acids is 1. The van der Waals surface area contributed by atoms with Crippen LogP contribution in [0.3, 0.4) is 0 Å². The first-order valence-corrected chi connectivity index (χ1v) is 14.6. The second-order valence-electron chi connectivity index (χ2n) is 11.1. The van der Waals surface area contributed by atoms with Crippen molar-refractivity contribution in [3.05, 3.63) is 71.8 Å². The molecule has 2 aliphatic rings. The van der Waals surface area contributed by atoms with Crippen LogP contribution in [0.1, 0.15) is 88.2 Å². The van der Waals surface area contributed by atoms with Crippen molar-refractivity contribution in [2.75, 3.05) is 26.2 Å². The molecule has 1 aliphatic heterocycles. The van der Waals surface area contributed by atoms with Crippen molar-refractivity contribution in [3.63, 3.8) is 0 Å². The van der Waals surface area contributed by atoms with Gasteiger partial charge in [0.2, 0.25) is 5.91 Å². The van der Waals surface area contributed by atoms with Crippen LogP contribution in [0.2, 0.25) is 0 Å². The second-order valence-corrected chi connectivity index (χ2v) is 11.1. The highest BCUT2D eigenvalue weighted by Crippen LogP contribution is 2.43. The first-order valence-electron chi connectivity index (χ1n) is 14.6. The van der Waals surface area contributed by atoms with E-state index in [-0.39, 0.29) is 11.8 Å². The van der Waals surface area contributed by atoms with E-state index in [1.165, 1.54) is 77.2 Å².